The number of hydrogen-bond acceptors (Lipinski definition) is 3. The Hall–Kier alpha value is -2.04. The lowest BCUT2D eigenvalue weighted by Crippen LogP contribution is -2.46. The van der Waals surface area contributed by atoms with Crippen molar-refractivity contribution in [3.8, 4) is 0 Å². The number of hydrogen-bond donors (Lipinski definition) is 0. The Kier molecular flexibility index (Phi) is 3.82. The maximum atomic E-state index is 12.3. The van der Waals surface area contributed by atoms with E-state index in [1.165, 1.54) is 11.3 Å². The third-order valence-corrected chi connectivity index (χ3v) is 4.61. The number of fused-ring (bicyclic) bond motifs is 1. The zero-order valence-corrected chi connectivity index (χ0v) is 14.4. The number of nitrogens with zero attached hydrogens (tertiary/aromatic N) is 3. The highest BCUT2D eigenvalue weighted by Crippen LogP contribution is 2.44. The highest BCUT2D eigenvalue weighted by molar-refractivity contribution is 5.69. The van der Waals surface area contributed by atoms with Crippen LogP contribution >= 0.6 is 0 Å². The van der Waals surface area contributed by atoms with Gasteiger partial charge in [-0.1, -0.05) is 13.0 Å². The van der Waals surface area contributed by atoms with E-state index in [9.17, 15) is 4.79 Å². The van der Waals surface area contributed by atoms with Crippen molar-refractivity contribution in [2.45, 2.75) is 46.1 Å². The van der Waals surface area contributed by atoms with E-state index < -0.39 is 5.60 Å². The molecule has 1 fully saturated rings. The molecule has 1 unspecified atom stereocenters. The maximum absolute atomic E-state index is 12.3. The zero-order valence-electron chi connectivity index (χ0n) is 14.4. The van der Waals surface area contributed by atoms with Gasteiger partial charge >= 0.3 is 6.09 Å². The van der Waals surface area contributed by atoms with Crippen molar-refractivity contribution in [2.24, 2.45) is 5.41 Å². The third-order valence-electron chi connectivity index (χ3n) is 4.61. The van der Waals surface area contributed by atoms with Crippen molar-refractivity contribution >= 4 is 11.8 Å². The van der Waals surface area contributed by atoms with Gasteiger partial charge in [-0.25, -0.2) is 9.78 Å². The van der Waals surface area contributed by atoms with Crippen LogP contribution in [0.15, 0.2) is 36.4 Å². The first-order chi connectivity index (χ1) is 10.8. The number of carbonyl (C=O) groups excluding carboxylic acids is 1. The number of carbonyl (C=O) groups is 1. The molecule has 0 N–H and O–H groups in total. The molecule has 1 aliphatic carbocycles. The van der Waals surface area contributed by atoms with Crippen molar-refractivity contribution < 1.29 is 9.53 Å². The second-order valence-electron chi connectivity index (χ2n) is 7.71. The standard InChI is InChI=1S/C18H25N3O2/c1-17(2,3)23-16(22)20-9-7-18(4)11-15(6-5-14(18)12-20)21-10-8-19-13-21/h5-6,8,10,13H,7,9,11-12H2,1-4H3. The van der Waals surface area contributed by atoms with Gasteiger partial charge in [0, 0.05) is 31.2 Å². The van der Waals surface area contributed by atoms with Crippen molar-refractivity contribution in [3.05, 3.63) is 36.4 Å². The molecule has 0 saturated carbocycles. The molecule has 23 heavy (non-hydrogen) atoms. The number of aromatic nitrogens is 2. The molecule has 1 aliphatic heterocycles. The third kappa shape index (κ3) is 3.33. The van der Waals surface area contributed by atoms with E-state index in [2.05, 4.69) is 28.6 Å². The Balaban J connectivity index is 1.76. The van der Waals surface area contributed by atoms with E-state index in [1.54, 1.807) is 6.20 Å². The van der Waals surface area contributed by atoms with Gasteiger partial charge in [0.2, 0.25) is 0 Å². The predicted octanol–water partition coefficient (Wildman–Crippen LogP) is 3.70. The van der Waals surface area contributed by atoms with Crippen LogP contribution in [-0.4, -0.2) is 39.2 Å². The second kappa shape index (κ2) is 5.55. The molecule has 2 aliphatic rings. The molecule has 1 saturated heterocycles. The van der Waals surface area contributed by atoms with Crippen molar-refractivity contribution in [1.82, 2.24) is 14.5 Å². The average Bonchev–Trinajstić information content (AvgIpc) is 2.98. The fourth-order valence-corrected chi connectivity index (χ4v) is 3.22. The number of ether oxygens (including phenoxy) is 1. The lowest BCUT2D eigenvalue weighted by Gasteiger charge is -2.44. The molecule has 1 aromatic heterocycles. The maximum Gasteiger partial charge on any atom is 0.410 e. The molecule has 1 aromatic rings. The van der Waals surface area contributed by atoms with Crippen LogP contribution in [0.25, 0.3) is 5.70 Å². The lowest BCUT2D eigenvalue weighted by atomic mass is 9.70. The van der Waals surface area contributed by atoms with E-state index >= 15 is 0 Å². The van der Waals surface area contributed by atoms with Gasteiger partial charge < -0.3 is 14.2 Å². The van der Waals surface area contributed by atoms with Crippen molar-refractivity contribution in [1.29, 1.82) is 0 Å². The van der Waals surface area contributed by atoms with Crippen LogP contribution < -0.4 is 0 Å². The average molecular weight is 315 g/mol. The highest BCUT2D eigenvalue weighted by atomic mass is 16.6. The number of likely N-dealkylation sites (tertiary alicyclic amines) is 1. The summed E-state index contributed by atoms with van der Waals surface area (Å²) in [6, 6.07) is 0. The molecule has 1 atom stereocenters. The summed E-state index contributed by atoms with van der Waals surface area (Å²) in [5.41, 5.74) is 2.21. The van der Waals surface area contributed by atoms with Crippen LogP contribution in [0, 0.1) is 5.41 Å². The predicted molar refractivity (Wildman–Crippen MR) is 89.7 cm³/mol. The number of imidazole rings is 1. The first-order valence-electron chi connectivity index (χ1n) is 8.13. The Morgan fingerprint density at radius 2 is 2.13 bits per heavy atom. The second-order valence-corrected chi connectivity index (χ2v) is 7.71. The summed E-state index contributed by atoms with van der Waals surface area (Å²) < 4.78 is 7.57. The van der Waals surface area contributed by atoms with E-state index in [1.807, 2.05) is 38.2 Å². The van der Waals surface area contributed by atoms with Gasteiger partial charge in [0.25, 0.3) is 0 Å². The van der Waals surface area contributed by atoms with Gasteiger partial charge in [-0.2, -0.15) is 0 Å². The summed E-state index contributed by atoms with van der Waals surface area (Å²) in [5, 5.41) is 0. The van der Waals surface area contributed by atoms with Gasteiger partial charge in [0.1, 0.15) is 5.60 Å². The van der Waals surface area contributed by atoms with Gasteiger partial charge in [0.05, 0.1) is 6.33 Å². The fraction of sp³-hybridized carbons (Fsp3) is 0.556. The monoisotopic (exact) mass is 315 g/mol. The van der Waals surface area contributed by atoms with Crippen LogP contribution in [0.2, 0.25) is 0 Å². The Bertz CT molecular complexity index is 652. The van der Waals surface area contributed by atoms with E-state index in [0.717, 1.165) is 19.4 Å². The molecular formula is C18H25N3O2. The van der Waals surface area contributed by atoms with Crippen molar-refractivity contribution in [3.63, 3.8) is 0 Å². The minimum atomic E-state index is -0.451. The van der Waals surface area contributed by atoms with Crippen LogP contribution in [0.5, 0.6) is 0 Å². The molecule has 3 rings (SSSR count). The number of rotatable bonds is 1. The first-order valence-corrected chi connectivity index (χ1v) is 8.13. The summed E-state index contributed by atoms with van der Waals surface area (Å²) in [7, 11) is 0. The smallest absolute Gasteiger partial charge is 0.410 e. The van der Waals surface area contributed by atoms with E-state index in [4.69, 9.17) is 4.74 Å². The van der Waals surface area contributed by atoms with Crippen LogP contribution in [0.3, 0.4) is 0 Å². The largest absolute Gasteiger partial charge is 0.444 e. The summed E-state index contributed by atoms with van der Waals surface area (Å²) in [5.74, 6) is 0. The normalized spacial score (nSPS) is 24.6. The van der Waals surface area contributed by atoms with Gasteiger partial charge in [0.15, 0.2) is 0 Å². The highest BCUT2D eigenvalue weighted by Gasteiger charge is 2.39. The minimum Gasteiger partial charge on any atom is -0.444 e. The first kappa shape index (κ1) is 15.8. The van der Waals surface area contributed by atoms with Gasteiger partial charge in [-0.15, -0.1) is 0 Å². The van der Waals surface area contributed by atoms with E-state index in [-0.39, 0.29) is 11.5 Å². The number of allylic oxidation sites excluding steroid dienone is 3. The quantitative estimate of drug-likeness (QED) is 0.794. The Morgan fingerprint density at radius 1 is 1.35 bits per heavy atom. The summed E-state index contributed by atoms with van der Waals surface area (Å²) in [6.07, 6.45) is 11.6. The molecule has 5 heteroatoms. The number of amides is 1. The Labute approximate surface area is 137 Å². The molecule has 0 radical (unpaired) electrons. The van der Waals surface area contributed by atoms with Crippen LogP contribution in [0.4, 0.5) is 4.79 Å². The molecule has 0 spiro atoms. The molecule has 0 bridgehead atoms. The summed E-state index contributed by atoms with van der Waals surface area (Å²) in [6.45, 7) is 9.38. The summed E-state index contributed by atoms with van der Waals surface area (Å²) >= 11 is 0. The van der Waals surface area contributed by atoms with Gasteiger partial charge in [-0.05, 0) is 50.7 Å². The summed E-state index contributed by atoms with van der Waals surface area (Å²) in [4.78, 5) is 18.2. The number of piperidine rings is 1. The molecular weight excluding hydrogens is 290 g/mol. The molecule has 124 valence electrons. The molecule has 0 aromatic carbocycles. The van der Waals surface area contributed by atoms with Crippen molar-refractivity contribution in [2.75, 3.05) is 13.1 Å². The van der Waals surface area contributed by atoms with Crippen LogP contribution in [0.1, 0.15) is 40.5 Å². The molecule has 2 heterocycles. The van der Waals surface area contributed by atoms with Crippen LogP contribution in [-0.2, 0) is 4.74 Å². The van der Waals surface area contributed by atoms with E-state index in [0.29, 0.717) is 6.54 Å². The topological polar surface area (TPSA) is 47.4 Å². The minimum absolute atomic E-state index is 0.104. The Morgan fingerprint density at radius 3 is 2.78 bits per heavy atom. The zero-order chi connectivity index (χ0) is 16.7. The SMILES string of the molecule is CC(C)(C)OC(=O)N1CCC2(C)CC(n3ccnc3)=CC=C2C1. The lowest BCUT2D eigenvalue weighted by molar-refractivity contribution is 0.0200. The fourth-order valence-electron chi connectivity index (χ4n) is 3.22. The van der Waals surface area contributed by atoms with Gasteiger partial charge in [-0.3, -0.25) is 0 Å². The molecule has 1 amide bonds. The molecule has 5 nitrogen and oxygen atoms in total.